The zero-order valence-corrected chi connectivity index (χ0v) is 20.8. The van der Waals surface area contributed by atoms with Gasteiger partial charge in [0.1, 0.15) is 0 Å². The summed E-state index contributed by atoms with van der Waals surface area (Å²) in [6.45, 7) is 9.06. The Morgan fingerprint density at radius 2 is 1.14 bits per heavy atom. The van der Waals surface area contributed by atoms with E-state index in [1.807, 2.05) is 20.8 Å². The van der Waals surface area contributed by atoms with Crippen molar-refractivity contribution in [2.24, 2.45) is 17.2 Å². The third-order valence-electron chi connectivity index (χ3n) is 4.07. The number of hydrogen-bond donors (Lipinski definition) is 3. The molecule has 0 heterocycles. The van der Waals surface area contributed by atoms with E-state index in [2.05, 4.69) is 0 Å². The van der Waals surface area contributed by atoms with Crippen molar-refractivity contribution >= 4 is 17.6 Å². The molecule has 0 aromatic rings. The molecule has 28 heavy (non-hydrogen) atoms. The normalized spacial score (nSPS) is 13.2. The highest BCUT2D eigenvalue weighted by Crippen LogP contribution is 2.18. The van der Waals surface area contributed by atoms with E-state index in [9.17, 15) is 0 Å². The monoisotopic (exact) mass is 443 g/mol. The average molecular weight is 444 g/mol. The molecule has 0 aliphatic heterocycles. The minimum absolute atomic E-state index is 0.104. The number of hydrogen-bond acceptors (Lipinski definition) is 9. The first-order chi connectivity index (χ1) is 13.4. The van der Waals surface area contributed by atoms with Gasteiger partial charge in [-0.05, 0) is 53.1 Å². The lowest BCUT2D eigenvalue weighted by Crippen LogP contribution is -2.46. The summed E-state index contributed by atoms with van der Waals surface area (Å²) in [5.74, 6) is 0. The summed E-state index contributed by atoms with van der Waals surface area (Å²) in [4.78, 5) is 0. The fourth-order valence-corrected chi connectivity index (χ4v) is 7.07. The molecule has 0 fully saturated rings. The molecule has 0 aliphatic carbocycles. The van der Waals surface area contributed by atoms with Gasteiger partial charge in [0.15, 0.2) is 0 Å². The van der Waals surface area contributed by atoms with Crippen molar-refractivity contribution in [2.75, 3.05) is 54.2 Å². The maximum atomic E-state index is 5.83. The summed E-state index contributed by atoms with van der Waals surface area (Å²) >= 11 is 0. The Kier molecular flexibility index (Phi) is 20.6. The Labute approximate surface area is 174 Å². The first-order valence-corrected chi connectivity index (χ1v) is 14.0. The molecule has 0 bridgehead atoms. The maximum Gasteiger partial charge on any atom is 0.500 e. The van der Waals surface area contributed by atoms with Crippen LogP contribution in [-0.4, -0.2) is 77.9 Å². The second-order valence-corrected chi connectivity index (χ2v) is 11.9. The molecule has 1 unspecified atom stereocenters. The molecule has 0 saturated carbocycles. The van der Waals surface area contributed by atoms with Crippen LogP contribution < -0.4 is 17.2 Å². The summed E-state index contributed by atoms with van der Waals surface area (Å²) in [6.07, 6.45) is 2.53. The van der Waals surface area contributed by atoms with Crippen LogP contribution in [0.4, 0.5) is 0 Å². The Morgan fingerprint density at radius 1 is 0.679 bits per heavy atom. The minimum atomic E-state index is -2.43. The van der Waals surface area contributed by atoms with E-state index in [0.717, 1.165) is 31.4 Å². The van der Waals surface area contributed by atoms with Crippen molar-refractivity contribution in [3.8, 4) is 0 Å². The quantitative estimate of drug-likeness (QED) is 0.284. The van der Waals surface area contributed by atoms with Gasteiger partial charge in [-0.25, -0.2) is 0 Å². The van der Waals surface area contributed by atoms with Crippen LogP contribution in [-0.2, 0) is 26.6 Å². The number of rotatable bonds is 17. The van der Waals surface area contributed by atoms with E-state index in [4.69, 9.17) is 43.8 Å². The van der Waals surface area contributed by atoms with Crippen LogP contribution in [0.1, 0.15) is 40.0 Å². The van der Waals surface area contributed by atoms with E-state index in [1.54, 1.807) is 21.3 Å². The van der Waals surface area contributed by atoms with Gasteiger partial charge in [-0.1, -0.05) is 0 Å². The second kappa shape index (κ2) is 19.1. The van der Waals surface area contributed by atoms with Crippen LogP contribution in [0.3, 0.4) is 0 Å². The van der Waals surface area contributed by atoms with E-state index >= 15 is 0 Å². The molecular formula is C17H45N3O6Si2. The van der Waals surface area contributed by atoms with Gasteiger partial charge in [-0.2, -0.15) is 0 Å². The molecule has 0 radical (unpaired) electrons. The average Bonchev–Trinajstić information content (AvgIpc) is 2.69. The highest BCUT2D eigenvalue weighted by molar-refractivity contribution is 6.61. The van der Waals surface area contributed by atoms with Gasteiger partial charge in [-0.15, -0.1) is 0 Å². The van der Waals surface area contributed by atoms with Crippen molar-refractivity contribution in [2.45, 2.75) is 58.2 Å². The molecule has 172 valence electrons. The minimum Gasteiger partial charge on any atom is -0.377 e. The Bertz CT molecular complexity index is 317. The van der Waals surface area contributed by atoms with Crippen molar-refractivity contribution in [3.63, 3.8) is 0 Å². The topological polar surface area (TPSA) is 133 Å². The van der Waals surface area contributed by atoms with Crippen molar-refractivity contribution in [1.29, 1.82) is 0 Å². The van der Waals surface area contributed by atoms with Gasteiger partial charge >= 0.3 is 17.6 Å². The van der Waals surface area contributed by atoms with Crippen LogP contribution in [0.25, 0.3) is 0 Å². The molecule has 0 rings (SSSR count). The first-order valence-electron chi connectivity index (χ1n) is 10.1. The zero-order valence-electron chi connectivity index (χ0n) is 18.8. The molecule has 0 aromatic carbocycles. The molecule has 0 aromatic heterocycles. The lowest BCUT2D eigenvalue weighted by Gasteiger charge is -2.28. The summed E-state index contributed by atoms with van der Waals surface area (Å²) in [5.41, 5.74) is 16.7. The largest absolute Gasteiger partial charge is 0.500 e. The van der Waals surface area contributed by atoms with Gasteiger partial charge in [0, 0.05) is 59.3 Å². The summed E-state index contributed by atoms with van der Waals surface area (Å²) in [7, 11) is -0.0120. The van der Waals surface area contributed by atoms with E-state index < -0.39 is 17.6 Å². The predicted molar refractivity (Wildman–Crippen MR) is 117 cm³/mol. The van der Waals surface area contributed by atoms with Gasteiger partial charge in [-0.3, -0.25) is 0 Å². The Hall–Kier alpha value is 0.0738. The van der Waals surface area contributed by atoms with Crippen molar-refractivity contribution in [3.05, 3.63) is 0 Å². The molecule has 0 aliphatic rings. The third-order valence-corrected chi connectivity index (χ3v) is 9.99. The van der Waals surface area contributed by atoms with Gasteiger partial charge < -0.3 is 43.8 Å². The SMILES string of the molecule is CCO[Si](CCCN)(OCC)OCC.CO[Si](CCC(N)CCN)(OC)OC. The molecule has 0 saturated heterocycles. The molecule has 6 N–H and O–H groups in total. The maximum absolute atomic E-state index is 5.83. The van der Waals surface area contributed by atoms with Crippen molar-refractivity contribution < 1.29 is 26.6 Å². The van der Waals surface area contributed by atoms with Crippen LogP contribution in [0.15, 0.2) is 0 Å². The fourth-order valence-electron chi connectivity index (χ4n) is 2.60. The predicted octanol–water partition coefficient (Wildman–Crippen LogP) is 1.31. The van der Waals surface area contributed by atoms with Crippen molar-refractivity contribution in [1.82, 2.24) is 0 Å². The Balaban J connectivity index is 0. The highest BCUT2D eigenvalue weighted by Gasteiger charge is 2.39. The molecule has 0 amide bonds. The van der Waals surface area contributed by atoms with E-state index in [-0.39, 0.29) is 6.04 Å². The Morgan fingerprint density at radius 3 is 1.46 bits per heavy atom. The molecule has 9 nitrogen and oxygen atoms in total. The third kappa shape index (κ3) is 13.3. The second-order valence-electron chi connectivity index (χ2n) is 6.05. The fraction of sp³-hybridized carbons (Fsp3) is 1.00. The van der Waals surface area contributed by atoms with Crippen LogP contribution >= 0.6 is 0 Å². The summed E-state index contributed by atoms with van der Waals surface area (Å²) in [5, 5.41) is 0. The molecular weight excluding hydrogens is 398 g/mol. The van der Waals surface area contributed by atoms with Crippen LogP contribution in [0, 0.1) is 0 Å². The summed E-state index contributed by atoms with van der Waals surface area (Å²) in [6, 6.07) is 1.66. The standard InChI is InChI=1S/C9H23NO3Si.C8H22N2O3Si/c1-4-11-14(12-5-2,13-6-3)9-7-8-10;1-11-14(12-2,13-3)7-5-8(10)4-6-9/h4-10H2,1-3H3;8H,4-7,9-10H2,1-3H3. The lowest BCUT2D eigenvalue weighted by atomic mass is 10.2. The smallest absolute Gasteiger partial charge is 0.377 e. The first kappa shape index (κ1) is 30.3. The highest BCUT2D eigenvalue weighted by atomic mass is 28.4. The van der Waals surface area contributed by atoms with Crippen LogP contribution in [0.2, 0.25) is 12.1 Å². The van der Waals surface area contributed by atoms with E-state index in [1.165, 1.54) is 0 Å². The van der Waals surface area contributed by atoms with Gasteiger partial charge in [0.25, 0.3) is 0 Å². The summed E-state index contributed by atoms with van der Waals surface area (Å²) < 4.78 is 32.8. The molecule has 1 atom stereocenters. The molecule has 0 spiro atoms. The van der Waals surface area contributed by atoms with E-state index in [0.29, 0.717) is 32.9 Å². The number of nitrogens with two attached hydrogens (primary N) is 3. The zero-order chi connectivity index (χ0) is 21.9. The lowest BCUT2D eigenvalue weighted by molar-refractivity contribution is 0.0710. The molecule has 11 heteroatoms. The van der Waals surface area contributed by atoms with Gasteiger partial charge in [0.05, 0.1) is 0 Å². The van der Waals surface area contributed by atoms with Crippen LogP contribution in [0.5, 0.6) is 0 Å². The van der Waals surface area contributed by atoms with Gasteiger partial charge in [0.2, 0.25) is 0 Å².